The Labute approximate surface area is 166 Å². The highest BCUT2D eigenvalue weighted by atomic mass is 32.1. The minimum atomic E-state index is -4.47. The Hall–Kier alpha value is -2.61. The Balaban J connectivity index is 1.80. The molecule has 0 spiro atoms. The van der Waals surface area contributed by atoms with Crippen molar-refractivity contribution in [3.63, 3.8) is 0 Å². The van der Waals surface area contributed by atoms with E-state index >= 15 is 0 Å². The molecule has 1 aliphatic heterocycles. The highest BCUT2D eigenvalue weighted by Gasteiger charge is 2.32. The van der Waals surface area contributed by atoms with Gasteiger partial charge in [-0.2, -0.15) is 13.2 Å². The van der Waals surface area contributed by atoms with Crippen molar-refractivity contribution in [1.29, 1.82) is 0 Å². The van der Waals surface area contributed by atoms with Gasteiger partial charge in [-0.3, -0.25) is 10.1 Å². The fraction of sp³-hybridized carbons (Fsp3) is 0.300. The number of hydrogen-bond donors (Lipinski definition) is 2. The molecule has 1 saturated heterocycles. The predicted molar refractivity (Wildman–Crippen MR) is 108 cm³/mol. The van der Waals surface area contributed by atoms with E-state index in [1.165, 1.54) is 6.07 Å². The second-order valence-electron chi connectivity index (χ2n) is 6.70. The first-order valence-electron chi connectivity index (χ1n) is 8.89. The van der Waals surface area contributed by atoms with Crippen molar-refractivity contribution in [1.82, 2.24) is 5.32 Å². The van der Waals surface area contributed by atoms with Gasteiger partial charge in [0.2, 0.25) is 0 Å². The molecule has 0 saturated carbocycles. The lowest BCUT2D eigenvalue weighted by Crippen LogP contribution is -2.34. The molecule has 2 aromatic carbocycles. The molecule has 28 heavy (non-hydrogen) atoms. The number of benzene rings is 2. The lowest BCUT2D eigenvalue weighted by molar-refractivity contribution is -0.137. The predicted octanol–water partition coefficient (Wildman–Crippen LogP) is 4.74. The van der Waals surface area contributed by atoms with Crippen LogP contribution in [0.4, 0.5) is 24.5 Å². The molecule has 3 rings (SSSR count). The zero-order chi connectivity index (χ0) is 20.3. The van der Waals surface area contributed by atoms with Gasteiger partial charge in [-0.05, 0) is 62.3 Å². The first-order valence-corrected chi connectivity index (χ1v) is 9.30. The lowest BCUT2D eigenvalue weighted by Gasteiger charge is -2.23. The first kappa shape index (κ1) is 20.1. The average molecular weight is 407 g/mol. The van der Waals surface area contributed by atoms with Crippen LogP contribution in [0.5, 0.6) is 0 Å². The summed E-state index contributed by atoms with van der Waals surface area (Å²) in [5.41, 5.74) is 1.43. The minimum absolute atomic E-state index is 0.0497. The van der Waals surface area contributed by atoms with E-state index in [0.717, 1.165) is 43.6 Å². The maximum absolute atomic E-state index is 13.1. The molecule has 0 aliphatic carbocycles. The molecule has 0 bridgehead atoms. The van der Waals surface area contributed by atoms with Crippen LogP contribution in [0.25, 0.3) is 0 Å². The minimum Gasteiger partial charge on any atom is -0.370 e. The van der Waals surface area contributed by atoms with Gasteiger partial charge in [-0.15, -0.1) is 0 Å². The topological polar surface area (TPSA) is 44.4 Å². The van der Waals surface area contributed by atoms with E-state index in [-0.39, 0.29) is 10.8 Å². The summed E-state index contributed by atoms with van der Waals surface area (Å²) in [4.78, 5) is 14.3. The summed E-state index contributed by atoms with van der Waals surface area (Å²) in [6.45, 7) is 3.39. The molecule has 1 aliphatic rings. The summed E-state index contributed by atoms with van der Waals surface area (Å²) in [5.74, 6) is -0.420. The number of rotatable bonds is 3. The maximum Gasteiger partial charge on any atom is 0.416 e. The zero-order valence-corrected chi connectivity index (χ0v) is 16.1. The van der Waals surface area contributed by atoms with Crippen molar-refractivity contribution in [2.75, 3.05) is 23.3 Å². The number of carbonyl (C=O) groups excluding carboxylic acids is 1. The molecule has 2 N–H and O–H groups in total. The number of hydrogen-bond acceptors (Lipinski definition) is 3. The summed E-state index contributed by atoms with van der Waals surface area (Å²) in [6, 6.07) is 10.5. The average Bonchev–Trinajstić information content (AvgIpc) is 3.15. The zero-order valence-electron chi connectivity index (χ0n) is 15.3. The van der Waals surface area contributed by atoms with E-state index in [4.69, 9.17) is 12.2 Å². The molecule has 1 heterocycles. The normalized spacial score (nSPS) is 14.1. The molecule has 2 aromatic rings. The van der Waals surface area contributed by atoms with Gasteiger partial charge < -0.3 is 10.2 Å². The number of anilines is 2. The van der Waals surface area contributed by atoms with Crippen LogP contribution in [0.1, 0.15) is 34.3 Å². The second kappa shape index (κ2) is 8.18. The molecule has 0 unspecified atom stereocenters. The van der Waals surface area contributed by atoms with Crippen molar-refractivity contribution in [2.45, 2.75) is 25.9 Å². The van der Waals surface area contributed by atoms with Gasteiger partial charge in [0.05, 0.1) is 16.9 Å². The van der Waals surface area contributed by atoms with E-state index in [1.807, 2.05) is 17.9 Å². The monoisotopic (exact) mass is 407 g/mol. The quantitative estimate of drug-likeness (QED) is 0.722. The number of nitrogens with one attached hydrogen (secondary N) is 2. The van der Waals surface area contributed by atoms with Gasteiger partial charge >= 0.3 is 6.18 Å². The highest BCUT2D eigenvalue weighted by molar-refractivity contribution is 7.80. The molecule has 0 aromatic heterocycles. The fourth-order valence-electron chi connectivity index (χ4n) is 3.16. The van der Waals surface area contributed by atoms with E-state index < -0.39 is 17.6 Å². The van der Waals surface area contributed by atoms with Crippen LogP contribution in [-0.2, 0) is 6.18 Å². The summed E-state index contributed by atoms with van der Waals surface area (Å²) < 4.78 is 39.4. The van der Waals surface area contributed by atoms with E-state index in [0.29, 0.717) is 11.3 Å². The Kier molecular flexibility index (Phi) is 5.88. The second-order valence-corrected chi connectivity index (χ2v) is 7.11. The molecule has 4 nitrogen and oxygen atoms in total. The fourth-order valence-corrected chi connectivity index (χ4v) is 3.36. The van der Waals surface area contributed by atoms with Crippen molar-refractivity contribution in [2.24, 2.45) is 0 Å². The SMILES string of the molecule is Cc1cccc(C(=O)NC(=S)Nc2cc(C(F)(F)F)ccc2N2CCCC2)c1. The first-order chi connectivity index (χ1) is 13.2. The Bertz CT molecular complexity index is 893. The number of carbonyl (C=O) groups is 1. The van der Waals surface area contributed by atoms with Crippen molar-refractivity contribution in [3.8, 4) is 0 Å². The largest absolute Gasteiger partial charge is 0.416 e. The van der Waals surface area contributed by atoms with E-state index in [1.54, 1.807) is 18.2 Å². The van der Waals surface area contributed by atoms with Crippen molar-refractivity contribution < 1.29 is 18.0 Å². The van der Waals surface area contributed by atoms with Gasteiger partial charge in [0.1, 0.15) is 0 Å². The summed E-state index contributed by atoms with van der Waals surface area (Å²) >= 11 is 5.17. The van der Waals surface area contributed by atoms with E-state index in [2.05, 4.69) is 10.6 Å². The van der Waals surface area contributed by atoms with Crippen molar-refractivity contribution in [3.05, 3.63) is 59.2 Å². The molecule has 1 fully saturated rings. The molecule has 0 atom stereocenters. The number of halogens is 3. The van der Waals surface area contributed by atoms with Gasteiger partial charge in [0.25, 0.3) is 5.91 Å². The smallest absolute Gasteiger partial charge is 0.370 e. The summed E-state index contributed by atoms with van der Waals surface area (Å²) in [5, 5.41) is 5.25. The molecule has 148 valence electrons. The Morgan fingerprint density at radius 3 is 2.46 bits per heavy atom. The Morgan fingerprint density at radius 2 is 1.82 bits per heavy atom. The van der Waals surface area contributed by atoms with Crippen LogP contribution >= 0.6 is 12.2 Å². The van der Waals surface area contributed by atoms with Gasteiger partial charge in [0.15, 0.2) is 5.11 Å². The molecular formula is C20H20F3N3OS. The third-order valence-electron chi connectivity index (χ3n) is 4.53. The van der Waals surface area contributed by atoms with Crippen LogP contribution in [0.2, 0.25) is 0 Å². The number of nitrogens with zero attached hydrogens (tertiary/aromatic N) is 1. The van der Waals surface area contributed by atoms with Gasteiger partial charge in [-0.25, -0.2) is 0 Å². The number of thiocarbonyl (C=S) groups is 1. The van der Waals surface area contributed by atoms with E-state index in [9.17, 15) is 18.0 Å². The summed E-state index contributed by atoms with van der Waals surface area (Å²) in [6.07, 6.45) is -2.50. The van der Waals surface area contributed by atoms with Crippen LogP contribution in [0.15, 0.2) is 42.5 Å². The van der Waals surface area contributed by atoms with Crippen molar-refractivity contribution >= 4 is 34.6 Å². The maximum atomic E-state index is 13.1. The van der Waals surface area contributed by atoms with Gasteiger partial charge in [0, 0.05) is 18.7 Å². The molecule has 0 radical (unpaired) electrons. The van der Waals surface area contributed by atoms with Crippen LogP contribution in [0.3, 0.4) is 0 Å². The lowest BCUT2D eigenvalue weighted by atomic mass is 10.1. The highest BCUT2D eigenvalue weighted by Crippen LogP contribution is 2.36. The van der Waals surface area contributed by atoms with Crippen LogP contribution in [-0.4, -0.2) is 24.1 Å². The number of amides is 1. The molecule has 1 amide bonds. The number of aryl methyl sites for hydroxylation is 1. The Morgan fingerprint density at radius 1 is 1.11 bits per heavy atom. The van der Waals surface area contributed by atoms with Gasteiger partial charge in [-0.1, -0.05) is 17.7 Å². The molecular weight excluding hydrogens is 387 g/mol. The third kappa shape index (κ3) is 4.81. The molecule has 8 heteroatoms. The van der Waals surface area contributed by atoms with Crippen LogP contribution < -0.4 is 15.5 Å². The standard InChI is InChI=1S/C20H20F3N3OS/c1-13-5-4-6-14(11-13)18(27)25-19(28)24-16-12-15(20(21,22)23)7-8-17(16)26-9-2-3-10-26/h4-8,11-12H,2-3,9-10H2,1H3,(H2,24,25,27,28). The number of alkyl halides is 3. The van der Waals surface area contributed by atoms with Crippen LogP contribution in [0, 0.1) is 6.92 Å². The third-order valence-corrected chi connectivity index (χ3v) is 4.73. The summed E-state index contributed by atoms with van der Waals surface area (Å²) in [7, 11) is 0.